The predicted octanol–water partition coefficient (Wildman–Crippen LogP) is 2.77. The van der Waals surface area contributed by atoms with E-state index in [2.05, 4.69) is 39.3 Å². The van der Waals surface area contributed by atoms with Crippen LogP contribution >= 0.6 is 0 Å². The minimum absolute atomic E-state index is 0.311. The molecule has 0 aromatic carbocycles. The van der Waals surface area contributed by atoms with Gasteiger partial charge in [-0.05, 0) is 37.8 Å². The molecule has 2 aromatic heterocycles. The van der Waals surface area contributed by atoms with Crippen molar-refractivity contribution in [2.75, 3.05) is 11.9 Å². The number of hydrogen-bond donors (Lipinski definition) is 1. The van der Waals surface area contributed by atoms with Gasteiger partial charge in [-0.3, -0.25) is 4.98 Å². The van der Waals surface area contributed by atoms with E-state index in [4.69, 9.17) is 0 Å². The molecular formula is C15H18N4. The summed E-state index contributed by atoms with van der Waals surface area (Å²) >= 11 is 0. The van der Waals surface area contributed by atoms with Crippen LogP contribution in [0.1, 0.15) is 42.6 Å². The van der Waals surface area contributed by atoms with Gasteiger partial charge in [-0.25, -0.2) is 9.97 Å². The number of fused-ring (bicyclic) bond motifs is 1. The Balaban J connectivity index is 1.97. The molecule has 0 saturated carbocycles. The van der Waals surface area contributed by atoms with Crippen LogP contribution in [0.4, 0.5) is 5.82 Å². The Kier molecular flexibility index (Phi) is 3.40. The maximum Gasteiger partial charge on any atom is 0.129 e. The van der Waals surface area contributed by atoms with E-state index in [1.54, 1.807) is 6.33 Å². The number of aromatic nitrogens is 3. The fourth-order valence-electron chi connectivity index (χ4n) is 2.74. The summed E-state index contributed by atoms with van der Waals surface area (Å²) in [6, 6.07) is 6.25. The van der Waals surface area contributed by atoms with E-state index in [1.165, 1.54) is 17.7 Å². The summed E-state index contributed by atoms with van der Waals surface area (Å²) in [7, 11) is 0. The van der Waals surface area contributed by atoms with Crippen molar-refractivity contribution in [2.24, 2.45) is 0 Å². The molecule has 1 atom stereocenters. The first-order valence-electron chi connectivity index (χ1n) is 6.88. The zero-order valence-corrected chi connectivity index (χ0v) is 11.1. The summed E-state index contributed by atoms with van der Waals surface area (Å²) in [6.07, 6.45) is 6.97. The highest BCUT2D eigenvalue weighted by molar-refractivity contribution is 5.39. The van der Waals surface area contributed by atoms with Gasteiger partial charge < -0.3 is 5.32 Å². The number of pyridine rings is 1. The van der Waals surface area contributed by atoms with Crippen LogP contribution in [0.3, 0.4) is 0 Å². The summed E-state index contributed by atoms with van der Waals surface area (Å²) in [6.45, 7) is 2.94. The molecule has 1 N–H and O–H groups in total. The van der Waals surface area contributed by atoms with Crippen molar-refractivity contribution in [1.82, 2.24) is 15.0 Å². The van der Waals surface area contributed by atoms with Crippen molar-refractivity contribution < 1.29 is 0 Å². The van der Waals surface area contributed by atoms with E-state index in [-0.39, 0.29) is 0 Å². The molecule has 1 aliphatic rings. The minimum Gasteiger partial charge on any atom is -0.370 e. The molecule has 19 heavy (non-hydrogen) atoms. The van der Waals surface area contributed by atoms with Crippen LogP contribution in [0, 0.1) is 0 Å². The molecule has 0 spiro atoms. The summed E-state index contributed by atoms with van der Waals surface area (Å²) in [4.78, 5) is 13.3. The normalized spacial score (nSPS) is 17.8. The Labute approximate surface area is 113 Å². The first kappa shape index (κ1) is 12.1. The molecular weight excluding hydrogens is 236 g/mol. The lowest BCUT2D eigenvalue weighted by Gasteiger charge is -2.23. The molecule has 0 saturated heterocycles. The molecule has 98 valence electrons. The van der Waals surface area contributed by atoms with Gasteiger partial charge in [-0.1, -0.05) is 6.07 Å². The molecule has 4 nitrogen and oxygen atoms in total. The van der Waals surface area contributed by atoms with Gasteiger partial charge in [-0.2, -0.15) is 0 Å². The Bertz CT molecular complexity index is 568. The maximum absolute atomic E-state index is 4.57. The Morgan fingerprint density at radius 3 is 3.16 bits per heavy atom. The van der Waals surface area contributed by atoms with Crippen molar-refractivity contribution in [1.29, 1.82) is 0 Å². The smallest absolute Gasteiger partial charge is 0.129 e. The molecule has 0 bridgehead atoms. The Hall–Kier alpha value is -1.97. The van der Waals surface area contributed by atoms with Crippen LogP contribution < -0.4 is 5.32 Å². The van der Waals surface area contributed by atoms with Gasteiger partial charge in [0.1, 0.15) is 12.1 Å². The fraction of sp³-hybridized carbons (Fsp3) is 0.400. The summed E-state index contributed by atoms with van der Waals surface area (Å²) in [5.41, 5.74) is 3.63. The summed E-state index contributed by atoms with van der Waals surface area (Å²) in [5.74, 6) is 1.21. The second kappa shape index (κ2) is 5.34. The second-order valence-electron chi connectivity index (χ2n) is 4.85. The average Bonchev–Trinajstić information content (AvgIpc) is 2.47. The summed E-state index contributed by atoms with van der Waals surface area (Å²) < 4.78 is 0. The van der Waals surface area contributed by atoms with Gasteiger partial charge in [0.2, 0.25) is 0 Å². The van der Waals surface area contributed by atoms with Crippen LogP contribution in [0.2, 0.25) is 0 Å². The number of rotatable bonds is 3. The average molecular weight is 254 g/mol. The molecule has 2 heterocycles. The maximum atomic E-state index is 4.57. The lowest BCUT2D eigenvalue weighted by atomic mass is 9.84. The van der Waals surface area contributed by atoms with Crippen LogP contribution in [0.5, 0.6) is 0 Å². The van der Waals surface area contributed by atoms with Gasteiger partial charge in [0.05, 0.1) is 11.4 Å². The predicted molar refractivity (Wildman–Crippen MR) is 75.2 cm³/mol. The highest BCUT2D eigenvalue weighted by atomic mass is 15.0. The lowest BCUT2D eigenvalue weighted by molar-refractivity contribution is 0.587. The molecule has 1 aliphatic carbocycles. The quantitative estimate of drug-likeness (QED) is 0.915. The monoisotopic (exact) mass is 254 g/mol. The number of nitrogens with one attached hydrogen (secondary N) is 1. The molecule has 0 radical (unpaired) electrons. The van der Waals surface area contributed by atoms with Crippen molar-refractivity contribution >= 4 is 5.82 Å². The number of aryl methyl sites for hydroxylation is 1. The van der Waals surface area contributed by atoms with Crippen LogP contribution in [0.15, 0.2) is 30.7 Å². The van der Waals surface area contributed by atoms with Crippen molar-refractivity contribution in [3.05, 3.63) is 47.7 Å². The van der Waals surface area contributed by atoms with Gasteiger partial charge >= 0.3 is 0 Å². The van der Waals surface area contributed by atoms with E-state index < -0.39 is 0 Å². The van der Waals surface area contributed by atoms with Crippen molar-refractivity contribution in [3.8, 4) is 0 Å². The molecule has 3 rings (SSSR count). The molecule has 1 unspecified atom stereocenters. The standard InChI is InChI=1S/C15H18N4/c1-2-16-14-9-13(18-10-19-14)12-7-3-5-11-6-4-8-17-15(11)12/h4,6,8-10,12H,2-3,5,7H2,1H3,(H,16,18,19). The molecule has 0 aliphatic heterocycles. The zero-order chi connectivity index (χ0) is 13.1. The highest BCUT2D eigenvalue weighted by Crippen LogP contribution is 2.34. The van der Waals surface area contributed by atoms with E-state index >= 15 is 0 Å². The third-order valence-corrected chi connectivity index (χ3v) is 3.60. The van der Waals surface area contributed by atoms with Gasteiger partial charge in [-0.15, -0.1) is 0 Å². The van der Waals surface area contributed by atoms with Crippen molar-refractivity contribution in [3.63, 3.8) is 0 Å². The van der Waals surface area contributed by atoms with Crippen LogP contribution in [-0.4, -0.2) is 21.5 Å². The number of hydrogen-bond acceptors (Lipinski definition) is 4. The topological polar surface area (TPSA) is 50.7 Å². The SMILES string of the molecule is CCNc1cc(C2CCCc3cccnc32)ncn1. The number of anilines is 1. The van der Waals surface area contributed by atoms with Gasteiger partial charge in [0.15, 0.2) is 0 Å². The summed E-state index contributed by atoms with van der Waals surface area (Å²) in [5, 5.41) is 3.24. The molecule has 0 fully saturated rings. The minimum atomic E-state index is 0.311. The third kappa shape index (κ3) is 2.43. The largest absolute Gasteiger partial charge is 0.370 e. The lowest BCUT2D eigenvalue weighted by Crippen LogP contribution is -2.14. The van der Waals surface area contributed by atoms with Crippen LogP contribution in [0.25, 0.3) is 0 Å². The highest BCUT2D eigenvalue weighted by Gasteiger charge is 2.24. The first-order chi connectivity index (χ1) is 9.38. The Morgan fingerprint density at radius 2 is 2.26 bits per heavy atom. The first-order valence-corrected chi connectivity index (χ1v) is 6.88. The Morgan fingerprint density at radius 1 is 1.32 bits per heavy atom. The van der Waals surface area contributed by atoms with E-state index in [9.17, 15) is 0 Å². The molecule has 2 aromatic rings. The van der Waals surface area contributed by atoms with Gasteiger partial charge in [0.25, 0.3) is 0 Å². The van der Waals surface area contributed by atoms with Gasteiger partial charge in [0, 0.05) is 24.7 Å². The van der Waals surface area contributed by atoms with E-state index in [1.807, 2.05) is 12.3 Å². The van der Waals surface area contributed by atoms with Crippen molar-refractivity contribution in [2.45, 2.75) is 32.1 Å². The van der Waals surface area contributed by atoms with Crippen LogP contribution in [-0.2, 0) is 6.42 Å². The van der Waals surface area contributed by atoms with E-state index in [0.717, 1.165) is 30.9 Å². The zero-order valence-electron chi connectivity index (χ0n) is 11.1. The second-order valence-corrected chi connectivity index (χ2v) is 4.85. The fourth-order valence-corrected chi connectivity index (χ4v) is 2.74. The third-order valence-electron chi connectivity index (χ3n) is 3.60. The molecule has 4 heteroatoms. The number of nitrogens with zero attached hydrogens (tertiary/aromatic N) is 3. The van der Waals surface area contributed by atoms with E-state index in [0.29, 0.717) is 5.92 Å². The molecule has 0 amide bonds.